The first-order valence-corrected chi connectivity index (χ1v) is 12.8. The van der Waals surface area contributed by atoms with Crippen molar-refractivity contribution in [1.82, 2.24) is 0 Å². The lowest BCUT2D eigenvalue weighted by Gasteiger charge is -2.41. The molecule has 0 aromatic carbocycles. The van der Waals surface area contributed by atoms with Crippen molar-refractivity contribution in [2.75, 3.05) is 38.2 Å². The maximum atomic E-state index is 14.6. The Kier molecular flexibility index (Phi) is 16.5. The average molecular weight is 615 g/mol. The van der Waals surface area contributed by atoms with E-state index in [1.54, 1.807) is 0 Å². The minimum atomic E-state index is -1.92. The predicted molar refractivity (Wildman–Crippen MR) is 127 cm³/mol. The molecule has 2 saturated heterocycles. The molecule has 0 aromatic heterocycles. The highest BCUT2D eigenvalue weighted by Gasteiger charge is 2.51. The van der Waals surface area contributed by atoms with Gasteiger partial charge < -0.3 is 48.5 Å². The van der Waals surface area contributed by atoms with Crippen LogP contribution in [0.25, 0.3) is 0 Å². The normalized spacial score (nSPS) is 34.3. The van der Waals surface area contributed by atoms with Gasteiger partial charge in [-0.25, -0.2) is 8.78 Å². The molecule has 0 radical (unpaired) electrons. The van der Waals surface area contributed by atoms with E-state index in [9.17, 15) is 33.4 Å². The van der Waals surface area contributed by atoms with E-state index in [0.29, 0.717) is 0 Å². The maximum Gasteiger partial charge on any atom is 0.303 e. The first-order valence-electron chi connectivity index (χ1n) is 11.8. The van der Waals surface area contributed by atoms with Crippen molar-refractivity contribution in [2.24, 2.45) is 0 Å². The van der Waals surface area contributed by atoms with Crippen molar-refractivity contribution >= 4 is 41.1 Å². The lowest BCUT2D eigenvalue weighted by molar-refractivity contribution is -0.291. The predicted octanol–water partition coefficient (Wildman–Crippen LogP) is -0.250. The second kappa shape index (κ2) is 18.1. The second-order valence-electron chi connectivity index (χ2n) is 8.21. The monoisotopic (exact) mass is 614 g/mol. The zero-order valence-electron chi connectivity index (χ0n) is 21.5. The van der Waals surface area contributed by atoms with Crippen LogP contribution in [0.2, 0.25) is 0 Å². The molecule has 13 nitrogen and oxygen atoms in total. The molecule has 2 unspecified atom stereocenters. The van der Waals surface area contributed by atoms with Crippen molar-refractivity contribution < 1.29 is 71.6 Å². The quantitative estimate of drug-likeness (QED) is 0.158. The highest BCUT2D eigenvalue weighted by molar-refractivity contribution is 6.18. The third kappa shape index (κ3) is 11.5. The van der Waals surface area contributed by atoms with Crippen LogP contribution in [0.3, 0.4) is 0 Å². The van der Waals surface area contributed by atoms with Gasteiger partial charge in [-0.3, -0.25) is 14.4 Å². The highest BCUT2D eigenvalue weighted by atomic mass is 35.5. The van der Waals surface area contributed by atoms with Gasteiger partial charge in [0.05, 0.1) is 19.8 Å². The van der Waals surface area contributed by atoms with E-state index in [-0.39, 0.29) is 31.6 Å². The Bertz CT molecular complexity index is 765. The standard InChI is InChI=1S/C14H20ClFO8.C8H14ClFO5/c1-7(17)21-6-10-12(22-8(2)18)13(23-9(3)19)11(16)14(24-10)20-5-4-15;9-1-2-14-8-5(10)7(13)6(12)4(3-11)15-8/h10-14H,4-6H2,1-3H3;4-8,11-13H,1-3H2/t10-,11-,12-,13-,14?;4-,5-,6-,7-,8?/m11/s1. The number of esters is 3. The summed E-state index contributed by atoms with van der Waals surface area (Å²) in [6.45, 7) is 2.56. The van der Waals surface area contributed by atoms with Gasteiger partial charge in [-0.05, 0) is 0 Å². The minimum Gasteiger partial charge on any atom is -0.463 e. The number of ether oxygens (including phenoxy) is 7. The molecule has 0 saturated carbocycles. The number of aliphatic hydroxyl groups is 3. The van der Waals surface area contributed by atoms with Crippen LogP contribution in [0.5, 0.6) is 0 Å². The first kappa shape index (κ1) is 35.6. The minimum absolute atomic E-state index is 0.0159. The molecule has 2 heterocycles. The third-order valence-electron chi connectivity index (χ3n) is 5.15. The van der Waals surface area contributed by atoms with E-state index < -0.39 is 86.1 Å². The molecule has 228 valence electrons. The number of alkyl halides is 4. The van der Waals surface area contributed by atoms with Crippen LogP contribution in [0.1, 0.15) is 20.8 Å². The van der Waals surface area contributed by atoms with Crippen molar-refractivity contribution in [1.29, 1.82) is 0 Å². The first-order chi connectivity index (χ1) is 18.4. The topological polar surface area (TPSA) is 177 Å². The van der Waals surface area contributed by atoms with Gasteiger partial charge >= 0.3 is 17.9 Å². The van der Waals surface area contributed by atoms with Crippen LogP contribution in [0.4, 0.5) is 8.78 Å². The molecule has 10 atom stereocenters. The Labute approximate surface area is 233 Å². The molecule has 0 bridgehead atoms. The van der Waals surface area contributed by atoms with Gasteiger partial charge in [-0.2, -0.15) is 0 Å². The number of hydrogen-bond acceptors (Lipinski definition) is 13. The smallest absolute Gasteiger partial charge is 0.303 e. The molecule has 17 heteroatoms. The summed E-state index contributed by atoms with van der Waals surface area (Å²) >= 11 is 10.8. The molecule has 2 fully saturated rings. The molecule has 0 spiro atoms. The summed E-state index contributed by atoms with van der Waals surface area (Å²) < 4.78 is 63.1. The third-order valence-corrected chi connectivity index (χ3v) is 5.46. The van der Waals surface area contributed by atoms with Gasteiger partial charge in [0, 0.05) is 32.5 Å². The molecule has 2 aliphatic heterocycles. The fraction of sp³-hybridized carbons (Fsp3) is 0.864. The van der Waals surface area contributed by atoms with E-state index in [2.05, 4.69) is 0 Å². The number of carbonyl (C=O) groups is 3. The van der Waals surface area contributed by atoms with Crippen molar-refractivity contribution in [3.63, 3.8) is 0 Å². The van der Waals surface area contributed by atoms with Crippen LogP contribution in [-0.2, 0) is 47.5 Å². The van der Waals surface area contributed by atoms with Crippen LogP contribution >= 0.6 is 23.2 Å². The van der Waals surface area contributed by atoms with E-state index in [1.165, 1.54) is 6.92 Å². The van der Waals surface area contributed by atoms with E-state index in [1.807, 2.05) is 0 Å². The zero-order valence-corrected chi connectivity index (χ0v) is 23.0. The average Bonchev–Trinajstić information content (AvgIpc) is 2.87. The second-order valence-corrected chi connectivity index (χ2v) is 8.96. The zero-order chi connectivity index (χ0) is 29.7. The summed E-state index contributed by atoms with van der Waals surface area (Å²) in [6.07, 6.45) is -14.5. The Morgan fingerprint density at radius 3 is 1.72 bits per heavy atom. The van der Waals surface area contributed by atoms with E-state index >= 15 is 0 Å². The molecule has 0 aliphatic carbocycles. The van der Waals surface area contributed by atoms with Gasteiger partial charge in [-0.15, -0.1) is 23.2 Å². The number of halogens is 4. The van der Waals surface area contributed by atoms with Crippen LogP contribution < -0.4 is 0 Å². The molecule has 0 amide bonds. The van der Waals surface area contributed by atoms with Crippen LogP contribution in [0, 0.1) is 0 Å². The fourth-order valence-electron chi connectivity index (χ4n) is 3.50. The molecule has 39 heavy (non-hydrogen) atoms. The summed E-state index contributed by atoms with van der Waals surface area (Å²) in [6, 6.07) is 0. The Hall–Kier alpha value is -1.43. The summed E-state index contributed by atoms with van der Waals surface area (Å²) in [5, 5.41) is 27.4. The molecular weight excluding hydrogens is 581 g/mol. The lowest BCUT2D eigenvalue weighted by atomic mass is 9.99. The number of hydrogen-bond donors (Lipinski definition) is 3. The Balaban J connectivity index is 0.000000434. The largest absolute Gasteiger partial charge is 0.463 e. The number of rotatable bonds is 11. The van der Waals surface area contributed by atoms with Gasteiger partial charge in [0.2, 0.25) is 0 Å². The summed E-state index contributed by atoms with van der Waals surface area (Å²) in [5.74, 6) is -1.86. The summed E-state index contributed by atoms with van der Waals surface area (Å²) in [4.78, 5) is 33.6. The van der Waals surface area contributed by atoms with Crippen molar-refractivity contribution in [2.45, 2.75) is 82.3 Å². The van der Waals surface area contributed by atoms with Gasteiger partial charge in [0.1, 0.15) is 31.0 Å². The number of carbonyl (C=O) groups excluding carboxylic acids is 3. The fourth-order valence-corrected chi connectivity index (χ4v) is 3.67. The molecular formula is C22H34Cl2F2O13. The van der Waals surface area contributed by atoms with Gasteiger partial charge in [0.25, 0.3) is 0 Å². The maximum absolute atomic E-state index is 14.6. The lowest BCUT2D eigenvalue weighted by Crippen LogP contribution is -2.60. The molecule has 3 N–H and O–H groups in total. The van der Waals surface area contributed by atoms with Crippen molar-refractivity contribution in [3.05, 3.63) is 0 Å². The Morgan fingerprint density at radius 2 is 1.26 bits per heavy atom. The molecule has 2 rings (SSSR count). The number of aliphatic hydroxyl groups excluding tert-OH is 3. The van der Waals surface area contributed by atoms with E-state index in [0.717, 1.165) is 13.8 Å². The van der Waals surface area contributed by atoms with Gasteiger partial charge in [0.15, 0.2) is 37.1 Å². The van der Waals surface area contributed by atoms with Crippen molar-refractivity contribution in [3.8, 4) is 0 Å². The summed E-state index contributed by atoms with van der Waals surface area (Å²) in [7, 11) is 0. The molecule has 2 aliphatic rings. The SMILES string of the molecule is CC(=O)OC[C@H]1OC(OCCCl)[C@H](F)[C@@H](OC(C)=O)[C@@H]1OC(C)=O.OC[C@H]1OC(OCCCl)[C@H](F)[C@@H](O)[C@@H]1O. The van der Waals surface area contributed by atoms with Crippen LogP contribution in [0.15, 0.2) is 0 Å². The van der Waals surface area contributed by atoms with Crippen LogP contribution in [-0.4, -0.2) is 133 Å². The highest BCUT2D eigenvalue weighted by Crippen LogP contribution is 2.29. The molecule has 0 aromatic rings. The summed E-state index contributed by atoms with van der Waals surface area (Å²) in [5.41, 5.74) is 0. The van der Waals surface area contributed by atoms with E-state index in [4.69, 9.17) is 61.5 Å². The van der Waals surface area contributed by atoms with Gasteiger partial charge in [-0.1, -0.05) is 0 Å². The Morgan fingerprint density at radius 1 is 0.769 bits per heavy atom.